The van der Waals surface area contributed by atoms with Crippen LogP contribution in [0.2, 0.25) is 0 Å². The van der Waals surface area contributed by atoms with Gasteiger partial charge in [-0.25, -0.2) is 4.98 Å². The zero-order valence-electron chi connectivity index (χ0n) is 9.50. The molecule has 16 heavy (non-hydrogen) atoms. The van der Waals surface area contributed by atoms with Crippen molar-refractivity contribution in [1.82, 2.24) is 4.98 Å². The molecule has 4 nitrogen and oxygen atoms in total. The molecule has 88 valence electrons. The lowest BCUT2D eigenvalue weighted by atomic mass is 10.1. The topological polar surface area (TPSA) is 56.6 Å². The Bertz CT molecular complexity index is 351. The quantitative estimate of drug-likeness (QED) is 0.783. The number of anilines is 1. The van der Waals surface area contributed by atoms with Crippen molar-refractivity contribution in [2.45, 2.75) is 31.9 Å². The summed E-state index contributed by atoms with van der Waals surface area (Å²) in [5.41, 5.74) is 0.836. The van der Waals surface area contributed by atoms with Gasteiger partial charge in [0.05, 0.1) is 12.7 Å². The SMILES string of the molecule is C[C@H](O)c1cccnc1N(CCO)C1CC1. The number of hydrogen-bond acceptors (Lipinski definition) is 4. The van der Waals surface area contributed by atoms with Gasteiger partial charge in [0.1, 0.15) is 5.82 Å². The van der Waals surface area contributed by atoms with Crippen LogP contribution in [0.15, 0.2) is 18.3 Å². The molecule has 4 heteroatoms. The van der Waals surface area contributed by atoms with Crippen LogP contribution in [-0.2, 0) is 0 Å². The molecule has 1 aromatic rings. The van der Waals surface area contributed by atoms with Crippen molar-refractivity contribution in [1.29, 1.82) is 0 Å². The highest BCUT2D eigenvalue weighted by Crippen LogP contribution is 2.33. The average molecular weight is 222 g/mol. The molecule has 1 heterocycles. The molecule has 0 saturated heterocycles. The largest absolute Gasteiger partial charge is 0.395 e. The smallest absolute Gasteiger partial charge is 0.134 e. The van der Waals surface area contributed by atoms with Crippen molar-refractivity contribution in [2.24, 2.45) is 0 Å². The van der Waals surface area contributed by atoms with Crippen molar-refractivity contribution in [3.63, 3.8) is 0 Å². The molecule has 1 atom stereocenters. The number of pyridine rings is 1. The lowest BCUT2D eigenvalue weighted by Crippen LogP contribution is -2.30. The predicted molar refractivity (Wildman–Crippen MR) is 62.3 cm³/mol. The summed E-state index contributed by atoms with van der Waals surface area (Å²) in [5, 5.41) is 18.8. The maximum absolute atomic E-state index is 9.69. The highest BCUT2D eigenvalue weighted by molar-refractivity contribution is 5.49. The highest BCUT2D eigenvalue weighted by atomic mass is 16.3. The molecule has 1 aliphatic carbocycles. The highest BCUT2D eigenvalue weighted by Gasteiger charge is 2.31. The van der Waals surface area contributed by atoms with Gasteiger partial charge in [-0.2, -0.15) is 0 Å². The van der Waals surface area contributed by atoms with Crippen molar-refractivity contribution in [2.75, 3.05) is 18.1 Å². The molecule has 0 radical (unpaired) electrons. The van der Waals surface area contributed by atoms with E-state index in [1.165, 1.54) is 0 Å². The Labute approximate surface area is 95.5 Å². The van der Waals surface area contributed by atoms with Gasteiger partial charge >= 0.3 is 0 Å². The van der Waals surface area contributed by atoms with Gasteiger partial charge in [0.15, 0.2) is 0 Å². The Morgan fingerprint density at radius 1 is 1.56 bits per heavy atom. The van der Waals surface area contributed by atoms with Gasteiger partial charge in [-0.05, 0) is 25.8 Å². The van der Waals surface area contributed by atoms with Gasteiger partial charge in [-0.15, -0.1) is 0 Å². The Kier molecular flexibility index (Phi) is 3.41. The molecule has 0 bridgehead atoms. The van der Waals surface area contributed by atoms with Crippen LogP contribution in [0.25, 0.3) is 0 Å². The Balaban J connectivity index is 2.28. The minimum absolute atomic E-state index is 0.117. The van der Waals surface area contributed by atoms with E-state index in [2.05, 4.69) is 9.88 Å². The van der Waals surface area contributed by atoms with Crippen molar-refractivity contribution < 1.29 is 10.2 Å². The van der Waals surface area contributed by atoms with Crippen LogP contribution in [0, 0.1) is 0 Å². The van der Waals surface area contributed by atoms with Crippen LogP contribution >= 0.6 is 0 Å². The van der Waals surface area contributed by atoms with Gasteiger partial charge < -0.3 is 15.1 Å². The summed E-state index contributed by atoms with van der Waals surface area (Å²) in [4.78, 5) is 6.43. The zero-order valence-corrected chi connectivity index (χ0v) is 9.50. The fourth-order valence-corrected chi connectivity index (χ4v) is 1.93. The van der Waals surface area contributed by atoms with Crippen LogP contribution < -0.4 is 4.90 Å². The van der Waals surface area contributed by atoms with Crippen LogP contribution in [-0.4, -0.2) is 34.4 Å². The summed E-state index contributed by atoms with van der Waals surface area (Å²) < 4.78 is 0. The fraction of sp³-hybridized carbons (Fsp3) is 0.583. The van der Waals surface area contributed by atoms with Crippen LogP contribution in [0.3, 0.4) is 0 Å². The maximum atomic E-state index is 9.69. The van der Waals surface area contributed by atoms with E-state index in [1.807, 2.05) is 12.1 Å². The van der Waals surface area contributed by atoms with Crippen LogP contribution in [0.4, 0.5) is 5.82 Å². The summed E-state index contributed by atoms with van der Waals surface area (Å²) in [6, 6.07) is 4.20. The van der Waals surface area contributed by atoms with E-state index in [1.54, 1.807) is 13.1 Å². The third-order valence-corrected chi connectivity index (χ3v) is 2.87. The van der Waals surface area contributed by atoms with Gasteiger partial charge in [0, 0.05) is 24.3 Å². The van der Waals surface area contributed by atoms with Gasteiger partial charge in [0.2, 0.25) is 0 Å². The lowest BCUT2D eigenvalue weighted by molar-refractivity contribution is 0.199. The van der Waals surface area contributed by atoms with E-state index >= 15 is 0 Å². The number of rotatable bonds is 5. The number of aliphatic hydroxyl groups excluding tert-OH is 2. The third kappa shape index (κ3) is 2.33. The van der Waals surface area contributed by atoms with E-state index in [0.29, 0.717) is 12.6 Å². The van der Waals surface area contributed by atoms with E-state index in [9.17, 15) is 5.11 Å². The predicted octanol–water partition coefficient (Wildman–Crippen LogP) is 1.10. The first kappa shape index (κ1) is 11.4. The Morgan fingerprint density at radius 3 is 2.88 bits per heavy atom. The number of nitrogens with zero attached hydrogens (tertiary/aromatic N) is 2. The van der Waals surface area contributed by atoms with E-state index in [0.717, 1.165) is 24.2 Å². The zero-order chi connectivity index (χ0) is 11.5. The second kappa shape index (κ2) is 4.80. The average Bonchev–Trinajstić information content (AvgIpc) is 3.10. The lowest BCUT2D eigenvalue weighted by Gasteiger charge is -2.25. The molecule has 2 rings (SSSR count). The molecule has 2 N–H and O–H groups in total. The minimum atomic E-state index is -0.524. The number of aliphatic hydroxyl groups is 2. The molecule has 0 spiro atoms. The molecule has 1 aromatic heterocycles. The summed E-state index contributed by atoms with van der Waals surface area (Å²) in [6.45, 7) is 2.44. The molecule has 1 aliphatic rings. The first-order valence-electron chi connectivity index (χ1n) is 5.74. The minimum Gasteiger partial charge on any atom is -0.395 e. The van der Waals surface area contributed by atoms with Gasteiger partial charge in [0.25, 0.3) is 0 Å². The summed E-state index contributed by atoms with van der Waals surface area (Å²) in [5.74, 6) is 0.814. The molecular formula is C12H18N2O2. The monoisotopic (exact) mass is 222 g/mol. The van der Waals surface area contributed by atoms with E-state index in [4.69, 9.17) is 5.11 Å². The van der Waals surface area contributed by atoms with Crippen molar-refractivity contribution in [3.8, 4) is 0 Å². The third-order valence-electron chi connectivity index (χ3n) is 2.87. The number of aromatic nitrogens is 1. The Hall–Kier alpha value is -1.13. The van der Waals surface area contributed by atoms with Gasteiger partial charge in [-0.1, -0.05) is 6.07 Å². The van der Waals surface area contributed by atoms with Crippen LogP contribution in [0.5, 0.6) is 0 Å². The van der Waals surface area contributed by atoms with Crippen LogP contribution in [0.1, 0.15) is 31.4 Å². The van der Waals surface area contributed by atoms with E-state index < -0.39 is 6.10 Å². The molecule has 0 aliphatic heterocycles. The maximum Gasteiger partial charge on any atom is 0.134 e. The Morgan fingerprint density at radius 2 is 2.31 bits per heavy atom. The first-order chi connectivity index (χ1) is 7.74. The molecule has 1 saturated carbocycles. The standard InChI is InChI=1S/C12H18N2O2/c1-9(16)11-3-2-6-13-12(11)14(7-8-15)10-4-5-10/h2-3,6,9-10,15-16H,4-5,7-8H2,1H3/t9-/m0/s1. The molecule has 0 amide bonds. The van der Waals surface area contributed by atoms with Crippen molar-refractivity contribution in [3.05, 3.63) is 23.9 Å². The van der Waals surface area contributed by atoms with E-state index in [-0.39, 0.29) is 6.61 Å². The summed E-state index contributed by atoms with van der Waals surface area (Å²) in [7, 11) is 0. The molecule has 0 aromatic carbocycles. The first-order valence-corrected chi connectivity index (χ1v) is 5.74. The summed E-state index contributed by atoms with van der Waals surface area (Å²) in [6.07, 6.45) is 3.50. The fourth-order valence-electron chi connectivity index (χ4n) is 1.93. The summed E-state index contributed by atoms with van der Waals surface area (Å²) >= 11 is 0. The molecular weight excluding hydrogens is 204 g/mol. The van der Waals surface area contributed by atoms with Crippen molar-refractivity contribution >= 4 is 5.82 Å². The second-order valence-corrected chi connectivity index (χ2v) is 4.24. The number of hydrogen-bond donors (Lipinski definition) is 2. The second-order valence-electron chi connectivity index (χ2n) is 4.24. The van der Waals surface area contributed by atoms with Gasteiger partial charge in [-0.3, -0.25) is 0 Å². The normalized spacial score (nSPS) is 17.2. The molecule has 1 fully saturated rings. The molecule has 0 unspecified atom stereocenters.